The molecule has 0 unspecified atom stereocenters. The summed E-state index contributed by atoms with van der Waals surface area (Å²) < 4.78 is 1.12. The molecule has 0 spiro atoms. The summed E-state index contributed by atoms with van der Waals surface area (Å²) in [5.41, 5.74) is 3.40. The molecule has 0 N–H and O–H groups in total. The van der Waals surface area contributed by atoms with Crippen LogP contribution in [0, 0.1) is 20.8 Å². The quantitative estimate of drug-likeness (QED) is 0.674. The minimum atomic E-state index is 0. The van der Waals surface area contributed by atoms with Crippen molar-refractivity contribution in [1.29, 1.82) is 0 Å². The van der Waals surface area contributed by atoms with E-state index in [0.29, 0.717) is 0 Å². The van der Waals surface area contributed by atoms with Crippen LogP contribution in [0.5, 0.6) is 0 Å². The Labute approximate surface area is 81.8 Å². The van der Waals surface area contributed by atoms with Gasteiger partial charge in [0.05, 0.1) is 5.69 Å². The van der Waals surface area contributed by atoms with Crippen LogP contribution in [0.2, 0.25) is 0 Å². The monoisotopic (exact) mass is 235 g/mol. The number of halogens is 2. The van der Waals surface area contributed by atoms with Crippen molar-refractivity contribution in [2.24, 2.45) is 0 Å². The molecule has 1 nitrogen and oxygen atoms in total. The van der Waals surface area contributed by atoms with Crippen LogP contribution in [0.15, 0.2) is 10.5 Å². The maximum absolute atomic E-state index is 4.29. The fourth-order valence-electron chi connectivity index (χ4n) is 1.01. The first kappa shape index (κ1) is 10.9. The SMILES string of the molecule is Cc1cc(C)c(Br)c(C)n1.Cl. The van der Waals surface area contributed by atoms with Crippen molar-refractivity contribution in [1.82, 2.24) is 4.98 Å². The first-order valence-electron chi connectivity index (χ1n) is 3.21. The third-order valence-electron chi connectivity index (χ3n) is 1.43. The summed E-state index contributed by atoms with van der Waals surface area (Å²) in [5, 5.41) is 0. The van der Waals surface area contributed by atoms with Crippen LogP contribution in [0.1, 0.15) is 17.0 Å². The summed E-state index contributed by atoms with van der Waals surface area (Å²) in [7, 11) is 0. The van der Waals surface area contributed by atoms with E-state index in [9.17, 15) is 0 Å². The summed E-state index contributed by atoms with van der Waals surface area (Å²) in [5.74, 6) is 0. The number of aryl methyl sites for hydroxylation is 3. The van der Waals surface area contributed by atoms with Gasteiger partial charge in [0.15, 0.2) is 0 Å². The predicted molar refractivity (Wildman–Crippen MR) is 53.4 cm³/mol. The van der Waals surface area contributed by atoms with Crippen molar-refractivity contribution in [2.75, 3.05) is 0 Å². The summed E-state index contributed by atoms with van der Waals surface area (Å²) in [4.78, 5) is 4.29. The molecule has 0 saturated heterocycles. The largest absolute Gasteiger partial charge is 0.257 e. The molecule has 0 aromatic carbocycles. The molecular formula is C8H11BrClN. The number of pyridine rings is 1. The molecule has 1 rings (SSSR count). The minimum absolute atomic E-state index is 0. The smallest absolute Gasteiger partial charge is 0.0520 e. The molecule has 0 aliphatic heterocycles. The minimum Gasteiger partial charge on any atom is -0.257 e. The van der Waals surface area contributed by atoms with Gasteiger partial charge in [-0.3, -0.25) is 4.98 Å². The van der Waals surface area contributed by atoms with Crippen LogP contribution in [-0.4, -0.2) is 4.98 Å². The first-order valence-corrected chi connectivity index (χ1v) is 4.01. The van der Waals surface area contributed by atoms with Crippen LogP contribution in [0.4, 0.5) is 0 Å². The standard InChI is InChI=1S/C8H10BrN.ClH/c1-5-4-6(2)10-7(3)8(5)9;/h4H,1-3H3;1H. The second kappa shape index (κ2) is 4.07. The zero-order valence-electron chi connectivity index (χ0n) is 6.81. The Bertz CT molecular complexity index is 237. The van der Waals surface area contributed by atoms with E-state index in [0.717, 1.165) is 15.9 Å². The second-order valence-electron chi connectivity index (χ2n) is 2.48. The number of rotatable bonds is 0. The zero-order valence-corrected chi connectivity index (χ0v) is 9.21. The highest BCUT2D eigenvalue weighted by Crippen LogP contribution is 2.18. The summed E-state index contributed by atoms with van der Waals surface area (Å²) >= 11 is 3.45. The average Bonchev–Trinajstić information content (AvgIpc) is 1.82. The molecule has 3 heteroatoms. The number of hydrogen-bond donors (Lipinski definition) is 0. The Morgan fingerprint density at radius 1 is 1.27 bits per heavy atom. The molecule has 1 aromatic heterocycles. The highest BCUT2D eigenvalue weighted by Gasteiger charge is 1.99. The fourth-order valence-corrected chi connectivity index (χ4v) is 1.21. The maximum Gasteiger partial charge on any atom is 0.0520 e. The summed E-state index contributed by atoms with van der Waals surface area (Å²) in [6.45, 7) is 6.09. The lowest BCUT2D eigenvalue weighted by atomic mass is 10.2. The van der Waals surface area contributed by atoms with Crippen molar-refractivity contribution in [3.63, 3.8) is 0 Å². The number of aromatic nitrogens is 1. The maximum atomic E-state index is 4.29. The lowest BCUT2D eigenvalue weighted by Gasteiger charge is -2.02. The van der Waals surface area contributed by atoms with Gasteiger partial charge in [0.2, 0.25) is 0 Å². The van der Waals surface area contributed by atoms with Gasteiger partial charge in [-0.1, -0.05) is 0 Å². The van der Waals surface area contributed by atoms with Gasteiger partial charge >= 0.3 is 0 Å². The van der Waals surface area contributed by atoms with E-state index in [2.05, 4.69) is 33.9 Å². The first-order chi connectivity index (χ1) is 4.61. The molecule has 1 aromatic rings. The molecule has 0 radical (unpaired) electrons. The van der Waals surface area contributed by atoms with Gasteiger partial charge in [0.25, 0.3) is 0 Å². The molecule has 62 valence electrons. The molecule has 0 fully saturated rings. The van der Waals surface area contributed by atoms with Crippen LogP contribution in [0.25, 0.3) is 0 Å². The van der Waals surface area contributed by atoms with E-state index >= 15 is 0 Å². The van der Waals surface area contributed by atoms with Crippen molar-refractivity contribution < 1.29 is 0 Å². The van der Waals surface area contributed by atoms with E-state index in [1.165, 1.54) is 5.56 Å². The molecule has 0 amide bonds. The molecule has 0 aliphatic carbocycles. The van der Waals surface area contributed by atoms with E-state index < -0.39 is 0 Å². The highest BCUT2D eigenvalue weighted by atomic mass is 79.9. The van der Waals surface area contributed by atoms with Gasteiger partial charge in [-0.25, -0.2) is 0 Å². The van der Waals surface area contributed by atoms with E-state index in [4.69, 9.17) is 0 Å². The summed E-state index contributed by atoms with van der Waals surface area (Å²) in [6.07, 6.45) is 0. The molecule has 1 heterocycles. The Kier molecular flexibility index (Phi) is 4.04. The Hall–Kier alpha value is -0.0800. The van der Waals surface area contributed by atoms with E-state index in [1.807, 2.05) is 13.8 Å². The lowest BCUT2D eigenvalue weighted by Crippen LogP contribution is -1.89. The Morgan fingerprint density at radius 2 is 1.82 bits per heavy atom. The van der Waals surface area contributed by atoms with Crippen LogP contribution in [0.3, 0.4) is 0 Å². The van der Waals surface area contributed by atoms with Gasteiger partial charge in [-0.15, -0.1) is 12.4 Å². The molecule has 11 heavy (non-hydrogen) atoms. The summed E-state index contributed by atoms with van der Waals surface area (Å²) in [6, 6.07) is 2.07. The van der Waals surface area contributed by atoms with Crippen molar-refractivity contribution >= 4 is 28.3 Å². The Morgan fingerprint density at radius 3 is 2.27 bits per heavy atom. The normalized spacial score (nSPS) is 9.09. The highest BCUT2D eigenvalue weighted by molar-refractivity contribution is 9.10. The van der Waals surface area contributed by atoms with Gasteiger partial charge < -0.3 is 0 Å². The topological polar surface area (TPSA) is 12.9 Å². The van der Waals surface area contributed by atoms with E-state index in [-0.39, 0.29) is 12.4 Å². The van der Waals surface area contributed by atoms with Crippen LogP contribution in [-0.2, 0) is 0 Å². The number of hydrogen-bond acceptors (Lipinski definition) is 1. The van der Waals surface area contributed by atoms with Gasteiger partial charge in [0, 0.05) is 10.2 Å². The van der Waals surface area contributed by atoms with Crippen LogP contribution < -0.4 is 0 Å². The van der Waals surface area contributed by atoms with Gasteiger partial charge in [-0.2, -0.15) is 0 Å². The third kappa shape index (κ3) is 2.46. The predicted octanol–water partition coefficient (Wildman–Crippen LogP) is 3.19. The van der Waals surface area contributed by atoms with Crippen LogP contribution >= 0.6 is 28.3 Å². The zero-order chi connectivity index (χ0) is 7.72. The third-order valence-corrected chi connectivity index (χ3v) is 2.63. The lowest BCUT2D eigenvalue weighted by molar-refractivity contribution is 1.09. The fraction of sp³-hybridized carbons (Fsp3) is 0.375. The van der Waals surface area contributed by atoms with Crippen molar-refractivity contribution in [3.05, 3.63) is 27.5 Å². The molecule has 0 saturated carbocycles. The number of nitrogens with zero attached hydrogens (tertiary/aromatic N) is 1. The van der Waals surface area contributed by atoms with Gasteiger partial charge in [-0.05, 0) is 48.3 Å². The van der Waals surface area contributed by atoms with Crippen molar-refractivity contribution in [2.45, 2.75) is 20.8 Å². The van der Waals surface area contributed by atoms with Crippen molar-refractivity contribution in [3.8, 4) is 0 Å². The molecule has 0 aliphatic rings. The molecule has 0 atom stereocenters. The van der Waals surface area contributed by atoms with E-state index in [1.54, 1.807) is 0 Å². The Balaban J connectivity index is 0.000001000. The second-order valence-corrected chi connectivity index (χ2v) is 3.27. The van der Waals surface area contributed by atoms with Gasteiger partial charge in [0.1, 0.15) is 0 Å². The molecular weight excluding hydrogens is 225 g/mol. The average molecular weight is 237 g/mol. The molecule has 0 bridgehead atoms.